The Bertz CT molecular complexity index is 728. The van der Waals surface area contributed by atoms with E-state index in [-0.39, 0.29) is 29.6 Å². The minimum absolute atomic E-state index is 0. The number of aromatic nitrogens is 2. The first kappa shape index (κ1) is 24.4. The lowest BCUT2D eigenvalue weighted by molar-refractivity contribution is 0.0310. The van der Waals surface area contributed by atoms with Gasteiger partial charge in [-0.25, -0.2) is 4.68 Å². The highest BCUT2D eigenvalue weighted by molar-refractivity contribution is 14.0. The summed E-state index contributed by atoms with van der Waals surface area (Å²) in [7, 11) is 1.72. The average molecular weight is 499 g/mol. The van der Waals surface area contributed by atoms with Crippen molar-refractivity contribution in [3.8, 4) is 5.69 Å². The van der Waals surface area contributed by atoms with E-state index in [0.717, 1.165) is 43.3 Å². The fraction of sp³-hybridized carbons (Fsp3) is 0.524. The summed E-state index contributed by atoms with van der Waals surface area (Å²) >= 11 is 0. The Morgan fingerprint density at radius 1 is 1.21 bits per heavy atom. The molecule has 0 aliphatic heterocycles. The fourth-order valence-electron chi connectivity index (χ4n) is 2.62. The topological polar surface area (TPSA) is 63.5 Å². The third kappa shape index (κ3) is 7.79. The summed E-state index contributed by atoms with van der Waals surface area (Å²) in [6.45, 7) is 10.5. The Balaban J connectivity index is 0.00000392. The number of rotatable bonds is 9. The molecule has 28 heavy (non-hydrogen) atoms. The smallest absolute Gasteiger partial charge is 0.191 e. The molecule has 6 nitrogen and oxygen atoms in total. The quantitative estimate of drug-likeness (QED) is 0.239. The number of guanidine groups is 1. The molecule has 0 aliphatic carbocycles. The van der Waals surface area contributed by atoms with Crippen LogP contribution in [0.3, 0.4) is 0 Å². The maximum absolute atomic E-state index is 5.43. The summed E-state index contributed by atoms with van der Waals surface area (Å²) in [5, 5.41) is 11.3. The van der Waals surface area contributed by atoms with Crippen LogP contribution in [0, 0.1) is 6.92 Å². The van der Waals surface area contributed by atoms with E-state index in [9.17, 15) is 0 Å². The molecular weight excluding hydrogens is 465 g/mol. The molecule has 2 aromatic rings. The van der Waals surface area contributed by atoms with Crippen LogP contribution in [0.25, 0.3) is 5.69 Å². The van der Waals surface area contributed by atoms with Gasteiger partial charge in [0.05, 0.1) is 23.5 Å². The normalized spacial score (nSPS) is 11.8. The van der Waals surface area contributed by atoms with Crippen molar-refractivity contribution in [3.63, 3.8) is 0 Å². The van der Waals surface area contributed by atoms with E-state index in [1.54, 1.807) is 7.11 Å². The van der Waals surface area contributed by atoms with E-state index in [0.29, 0.717) is 6.54 Å². The Kier molecular flexibility index (Phi) is 10.5. The van der Waals surface area contributed by atoms with Crippen LogP contribution >= 0.6 is 24.0 Å². The van der Waals surface area contributed by atoms with Gasteiger partial charge >= 0.3 is 0 Å². The van der Waals surface area contributed by atoms with Crippen LogP contribution in [-0.4, -0.2) is 48.1 Å². The van der Waals surface area contributed by atoms with Crippen LogP contribution in [0.1, 0.15) is 38.4 Å². The zero-order valence-corrected chi connectivity index (χ0v) is 20.0. The van der Waals surface area contributed by atoms with E-state index >= 15 is 0 Å². The van der Waals surface area contributed by atoms with Crippen molar-refractivity contribution in [1.29, 1.82) is 0 Å². The predicted octanol–water partition coefficient (Wildman–Crippen LogP) is 3.71. The number of halogens is 1. The molecule has 0 amide bonds. The van der Waals surface area contributed by atoms with Crippen LogP contribution < -0.4 is 10.6 Å². The molecule has 2 rings (SSSR count). The van der Waals surface area contributed by atoms with Crippen LogP contribution in [0.2, 0.25) is 0 Å². The first-order valence-corrected chi connectivity index (χ1v) is 9.63. The van der Waals surface area contributed by atoms with Crippen LogP contribution in [0.5, 0.6) is 0 Å². The third-order valence-corrected chi connectivity index (χ3v) is 4.45. The highest BCUT2D eigenvalue weighted by Gasteiger charge is 2.15. The molecule has 7 heteroatoms. The number of para-hydroxylation sites is 1. The first-order chi connectivity index (χ1) is 12.9. The zero-order valence-electron chi connectivity index (χ0n) is 17.7. The monoisotopic (exact) mass is 499 g/mol. The minimum atomic E-state index is -0.258. The molecule has 0 spiro atoms. The highest BCUT2D eigenvalue weighted by atomic mass is 127. The number of aliphatic imine (C=N–C) groups is 1. The maximum atomic E-state index is 5.43. The van der Waals surface area contributed by atoms with E-state index in [1.807, 2.05) is 36.7 Å². The number of methoxy groups -OCH3 is 1. The second-order valence-corrected chi connectivity index (χ2v) is 7.21. The van der Waals surface area contributed by atoms with Gasteiger partial charge in [-0.05, 0) is 58.2 Å². The lowest BCUT2D eigenvalue weighted by atomic mass is 10.1. The zero-order chi connectivity index (χ0) is 19.7. The van der Waals surface area contributed by atoms with Gasteiger partial charge in [0, 0.05) is 26.4 Å². The number of benzene rings is 1. The average Bonchev–Trinajstić information content (AvgIpc) is 3.04. The van der Waals surface area contributed by atoms with E-state index in [1.165, 1.54) is 5.56 Å². The Hall–Kier alpha value is -1.61. The molecule has 1 aromatic heterocycles. The molecule has 156 valence electrons. The third-order valence-electron chi connectivity index (χ3n) is 4.45. The lowest BCUT2D eigenvalue weighted by Crippen LogP contribution is -2.39. The Morgan fingerprint density at radius 2 is 1.93 bits per heavy atom. The minimum Gasteiger partial charge on any atom is -0.377 e. The summed E-state index contributed by atoms with van der Waals surface area (Å²) in [6, 6.07) is 10.2. The largest absolute Gasteiger partial charge is 0.377 e. The van der Waals surface area contributed by atoms with Crippen molar-refractivity contribution >= 4 is 29.9 Å². The summed E-state index contributed by atoms with van der Waals surface area (Å²) in [5.74, 6) is 0.833. The number of nitrogens with one attached hydrogen (secondary N) is 2. The first-order valence-electron chi connectivity index (χ1n) is 9.63. The van der Waals surface area contributed by atoms with Gasteiger partial charge in [-0.2, -0.15) is 5.10 Å². The van der Waals surface area contributed by atoms with Crippen LogP contribution in [0.15, 0.2) is 41.5 Å². The van der Waals surface area contributed by atoms with Gasteiger partial charge in [0.1, 0.15) is 0 Å². The van der Waals surface area contributed by atoms with E-state index in [2.05, 4.69) is 52.9 Å². The Morgan fingerprint density at radius 3 is 2.57 bits per heavy atom. The molecule has 1 heterocycles. The van der Waals surface area contributed by atoms with Crippen molar-refractivity contribution in [3.05, 3.63) is 47.8 Å². The van der Waals surface area contributed by atoms with E-state index in [4.69, 9.17) is 4.74 Å². The summed E-state index contributed by atoms with van der Waals surface area (Å²) in [5.41, 5.74) is 3.20. The van der Waals surface area contributed by atoms with Crippen molar-refractivity contribution in [2.24, 2.45) is 4.99 Å². The molecule has 0 radical (unpaired) electrons. The van der Waals surface area contributed by atoms with Gasteiger partial charge in [0.2, 0.25) is 0 Å². The van der Waals surface area contributed by atoms with Gasteiger partial charge in [-0.15, -0.1) is 24.0 Å². The van der Waals surface area contributed by atoms with E-state index < -0.39 is 0 Å². The SMILES string of the molecule is CCNC(=NCC(C)(C)OC)NCCCc1cn(-c2ccccc2)nc1C.I. The summed E-state index contributed by atoms with van der Waals surface area (Å²) in [6.07, 6.45) is 4.12. The number of hydrogen-bond donors (Lipinski definition) is 2. The van der Waals surface area contributed by atoms with Gasteiger partial charge in [0.25, 0.3) is 0 Å². The highest BCUT2D eigenvalue weighted by Crippen LogP contribution is 2.13. The van der Waals surface area contributed by atoms with Gasteiger partial charge < -0.3 is 15.4 Å². The number of nitrogens with zero attached hydrogens (tertiary/aromatic N) is 3. The van der Waals surface area contributed by atoms with Crippen molar-refractivity contribution < 1.29 is 4.74 Å². The maximum Gasteiger partial charge on any atom is 0.191 e. The van der Waals surface area contributed by atoms with Crippen LogP contribution in [0.4, 0.5) is 0 Å². The lowest BCUT2D eigenvalue weighted by Gasteiger charge is -2.21. The van der Waals surface area contributed by atoms with Crippen LogP contribution in [-0.2, 0) is 11.2 Å². The second-order valence-electron chi connectivity index (χ2n) is 7.21. The van der Waals surface area contributed by atoms with Crippen molar-refractivity contribution in [1.82, 2.24) is 20.4 Å². The number of hydrogen-bond acceptors (Lipinski definition) is 3. The van der Waals surface area contributed by atoms with Gasteiger partial charge in [-0.1, -0.05) is 18.2 Å². The van der Waals surface area contributed by atoms with Gasteiger partial charge in [0.15, 0.2) is 5.96 Å². The molecule has 2 N–H and O–H groups in total. The van der Waals surface area contributed by atoms with Crippen molar-refractivity contribution in [2.45, 2.75) is 46.1 Å². The molecule has 0 bridgehead atoms. The molecule has 0 saturated carbocycles. The van der Waals surface area contributed by atoms with Crippen molar-refractivity contribution in [2.75, 3.05) is 26.7 Å². The molecule has 0 fully saturated rings. The predicted molar refractivity (Wildman–Crippen MR) is 127 cm³/mol. The van der Waals surface area contributed by atoms with Gasteiger partial charge in [-0.3, -0.25) is 4.99 Å². The second kappa shape index (κ2) is 12.1. The summed E-state index contributed by atoms with van der Waals surface area (Å²) < 4.78 is 7.38. The molecule has 0 aliphatic rings. The standard InChI is InChI=1S/C21H33N5O.HI/c1-6-22-20(24-16-21(3,4)27-5)23-14-10-11-18-15-26(25-17(18)2)19-12-8-7-9-13-19;/h7-9,12-13,15H,6,10-11,14,16H2,1-5H3,(H2,22,23,24);1H. The molecule has 1 aromatic carbocycles. The molecule has 0 saturated heterocycles. The molecular formula is C21H34IN5O. The number of aryl methyl sites for hydroxylation is 2. The number of ether oxygens (including phenoxy) is 1. The molecule has 0 atom stereocenters. The fourth-order valence-corrected chi connectivity index (χ4v) is 2.62. The molecule has 0 unspecified atom stereocenters. The Labute approximate surface area is 186 Å². The summed E-state index contributed by atoms with van der Waals surface area (Å²) in [4.78, 5) is 4.61.